The lowest BCUT2D eigenvalue weighted by Gasteiger charge is -2.16. The second-order valence-electron chi connectivity index (χ2n) is 5.49. The number of pyridine rings is 1. The molecule has 0 aliphatic rings. The third-order valence-corrected chi connectivity index (χ3v) is 3.31. The first kappa shape index (κ1) is 14.7. The van der Waals surface area contributed by atoms with Gasteiger partial charge in [0.1, 0.15) is 0 Å². The molecule has 20 heavy (non-hydrogen) atoms. The van der Waals surface area contributed by atoms with Crippen LogP contribution in [0.5, 0.6) is 0 Å². The van der Waals surface area contributed by atoms with Crippen LogP contribution in [0.2, 0.25) is 0 Å². The van der Waals surface area contributed by atoms with Crippen molar-refractivity contribution < 1.29 is 0 Å². The number of nitrogens with one attached hydrogen (secondary N) is 1. The average Bonchev–Trinajstić information content (AvgIpc) is 2.83. The summed E-state index contributed by atoms with van der Waals surface area (Å²) in [6, 6.07) is 6.60. The molecule has 1 atom stereocenters. The molecule has 0 saturated heterocycles. The summed E-state index contributed by atoms with van der Waals surface area (Å²) in [6.45, 7) is 8.23. The summed E-state index contributed by atoms with van der Waals surface area (Å²) in [5.41, 5.74) is 7.08. The molecule has 0 fully saturated rings. The highest BCUT2D eigenvalue weighted by atomic mass is 15.3. The van der Waals surface area contributed by atoms with Crippen LogP contribution in [-0.2, 0) is 6.42 Å². The Labute approximate surface area is 120 Å². The zero-order valence-corrected chi connectivity index (χ0v) is 12.6. The molecule has 108 valence electrons. The van der Waals surface area contributed by atoms with E-state index in [4.69, 9.17) is 5.84 Å². The number of hydrogen-bond donors (Lipinski definition) is 2. The van der Waals surface area contributed by atoms with Gasteiger partial charge in [0.25, 0.3) is 0 Å². The van der Waals surface area contributed by atoms with Gasteiger partial charge in [0.15, 0.2) is 0 Å². The van der Waals surface area contributed by atoms with Crippen molar-refractivity contribution in [1.29, 1.82) is 0 Å². The quantitative estimate of drug-likeness (QED) is 0.647. The molecule has 0 radical (unpaired) electrons. The highest BCUT2D eigenvalue weighted by molar-refractivity contribution is 5.24. The molecule has 0 amide bonds. The van der Waals surface area contributed by atoms with E-state index in [9.17, 15) is 0 Å². The molecule has 2 aromatic heterocycles. The van der Waals surface area contributed by atoms with E-state index in [0.29, 0.717) is 6.04 Å². The zero-order chi connectivity index (χ0) is 14.7. The van der Waals surface area contributed by atoms with Gasteiger partial charge < -0.3 is 0 Å². The summed E-state index contributed by atoms with van der Waals surface area (Å²) in [5, 5.41) is 4.57. The minimum Gasteiger partial charge on any atom is -0.271 e. The molecule has 2 aromatic rings. The second-order valence-corrected chi connectivity index (χ2v) is 5.49. The van der Waals surface area contributed by atoms with Gasteiger partial charge in [-0.25, -0.2) is 0 Å². The number of hydrazine groups is 1. The van der Waals surface area contributed by atoms with Gasteiger partial charge in [-0.1, -0.05) is 0 Å². The number of nitrogens with zero attached hydrogens (tertiary/aromatic N) is 3. The summed E-state index contributed by atoms with van der Waals surface area (Å²) in [4.78, 5) is 4.40. The normalized spacial score (nSPS) is 12.9. The van der Waals surface area contributed by atoms with Gasteiger partial charge in [-0.2, -0.15) is 5.10 Å². The summed E-state index contributed by atoms with van der Waals surface area (Å²) in [6.07, 6.45) is 2.77. The molecular formula is C15H23N5. The fourth-order valence-electron chi connectivity index (χ4n) is 2.32. The fraction of sp³-hybridized carbons (Fsp3) is 0.467. The molecule has 3 N–H and O–H groups in total. The van der Waals surface area contributed by atoms with Crippen molar-refractivity contribution in [2.24, 2.45) is 5.84 Å². The Morgan fingerprint density at radius 3 is 2.40 bits per heavy atom. The van der Waals surface area contributed by atoms with Gasteiger partial charge in [0.2, 0.25) is 0 Å². The minimum absolute atomic E-state index is 0.0471. The van der Waals surface area contributed by atoms with Gasteiger partial charge in [0.05, 0.1) is 11.7 Å². The fourth-order valence-corrected chi connectivity index (χ4v) is 2.32. The highest BCUT2D eigenvalue weighted by Crippen LogP contribution is 2.19. The molecule has 5 heteroatoms. The van der Waals surface area contributed by atoms with Crippen LogP contribution in [0.3, 0.4) is 0 Å². The first-order chi connectivity index (χ1) is 9.49. The summed E-state index contributed by atoms with van der Waals surface area (Å²) < 4.78 is 1.96. The maximum atomic E-state index is 5.71. The van der Waals surface area contributed by atoms with E-state index in [1.54, 1.807) is 0 Å². The summed E-state index contributed by atoms with van der Waals surface area (Å²) >= 11 is 0. The van der Waals surface area contributed by atoms with Gasteiger partial charge in [0, 0.05) is 30.0 Å². The van der Waals surface area contributed by atoms with E-state index in [2.05, 4.69) is 41.5 Å². The first-order valence-electron chi connectivity index (χ1n) is 6.95. The van der Waals surface area contributed by atoms with Crippen LogP contribution in [-0.4, -0.2) is 14.8 Å². The zero-order valence-electron chi connectivity index (χ0n) is 12.6. The van der Waals surface area contributed by atoms with Crippen LogP contribution in [0.25, 0.3) is 0 Å². The Bertz CT molecular complexity index is 553. The van der Waals surface area contributed by atoms with Crippen molar-refractivity contribution in [3.63, 3.8) is 0 Å². The van der Waals surface area contributed by atoms with Crippen molar-refractivity contribution in [2.75, 3.05) is 0 Å². The predicted octanol–water partition coefficient (Wildman–Crippen LogP) is 2.22. The summed E-state index contributed by atoms with van der Waals surface area (Å²) in [7, 11) is 0. The number of hydrogen-bond acceptors (Lipinski definition) is 4. The van der Waals surface area contributed by atoms with E-state index >= 15 is 0 Å². The monoisotopic (exact) mass is 273 g/mol. The van der Waals surface area contributed by atoms with E-state index < -0.39 is 0 Å². The molecule has 0 aromatic carbocycles. The third kappa shape index (κ3) is 3.43. The first-order valence-corrected chi connectivity index (χ1v) is 6.95. The SMILES string of the molecule is Cc1cc(C(Cc2ccn(C(C)C)n2)NN)cc(C)n1. The predicted molar refractivity (Wildman–Crippen MR) is 80.1 cm³/mol. The molecule has 0 aliphatic heterocycles. The van der Waals surface area contributed by atoms with Gasteiger partial charge in [-0.05, 0) is 51.5 Å². The molecule has 0 bridgehead atoms. The molecule has 1 unspecified atom stereocenters. The standard InChI is InChI=1S/C15H23N5/c1-10(2)20-6-5-14(19-20)9-15(18-16)13-7-11(3)17-12(4)8-13/h5-8,10,15,18H,9,16H2,1-4H3. The lowest BCUT2D eigenvalue weighted by Crippen LogP contribution is -2.30. The number of aryl methyl sites for hydroxylation is 2. The Kier molecular flexibility index (Phi) is 4.52. The second kappa shape index (κ2) is 6.15. The van der Waals surface area contributed by atoms with Gasteiger partial charge in [-0.3, -0.25) is 20.9 Å². The van der Waals surface area contributed by atoms with Crippen molar-refractivity contribution >= 4 is 0 Å². The molecule has 0 aliphatic carbocycles. The van der Waals surface area contributed by atoms with Crippen LogP contribution in [0.4, 0.5) is 0 Å². The topological polar surface area (TPSA) is 68.8 Å². The molecule has 5 nitrogen and oxygen atoms in total. The van der Waals surface area contributed by atoms with Crippen molar-refractivity contribution in [3.8, 4) is 0 Å². The van der Waals surface area contributed by atoms with Crippen LogP contribution in [0.1, 0.15) is 48.6 Å². The maximum Gasteiger partial charge on any atom is 0.0644 e. The van der Waals surface area contributed by atoms with Crippen molar-refractivity contribution in [2.45, 2.75) is 46.2 Å². The molecular weight excluding hydrogens is 250 g/mol. The largest absolute Gasteiger partial charge is 0.271 e. The molecule has 2 heterocycles. The maximum absolute atomic E-state index is 5.71. The van der Waals surface area contributed by atoms with E-state index in [1.165, 1.54) is 0 Å². The molecule has 0 spiro atoms. The lowest BCUT2D eigenvalue weighted by atomic mass is 10.0. The average molecular weight is 273 g/mol. The van der Waals surface area contributed by atoms with Gasteiger partial charge in [-0.15, -0.1) is 0 Å². The van der Waals surface area contributed by atoms with Crippen LogP contribution < -0.4 is 11.3 Å². The number of aromatic nitrogens is 3. The Balaban J connectivity index is 2.19. The van der Waals surface area contributed by atoms with Crippen LogP contribution in [0, 0.1) is 13.8 Å². The van der Waals surface area contributed by atoms with Gasteiger partial charge >= 0.3 is 0 Å². The third-order valence-electron chi connectivity index (χ3n) is 3.31. The smallest absolute Gasteiger partial charge is 0.0644 e. The summed E-state index contributed by atoms with van der Waals surface area (Å²) in [5.74, 6) is 5.71. The van der Waals surface area contributed by atoms with E-state index in [1.807, 2.05) is 30.8 Å². The van der Waals surface area contributed by atoms with E-state index in [0.717, 1.165) is 29.1 Å². The van der Waals surface area contributed by atoms with Crippen LogP contribution in [0.15, 0.2) is 24.4 Å². The minimum atomic E-state index is 0.0471. The van der Waals surface area contributed by atoms with Crippen LogP contribution >= 0.6 is 0 Å². The number of nitrogens with two attached hydrogens (primary N) is 1. The Morgan fingerprint density at radius 1 is 1.25 bits per heavy atom. The number of rotatable bonds is 5. The highest BCUT2D eigenvalue weighted by Gasteiger charge is 2.14. The molecule has 2 rings (SSSR count). The Morgan fingerprint density at radius 2 is 1.90 bits per heavy atom. The Hall–Kier alpha value is -1.72. The van der Waals surface area contributed by atoms with Crippen molar-refractivity contribution in [3.05, 3.63) is 47.0 Å². The van der Waals surface area contributed by atoms with E-state index in [-0.39, 0.29) is 6.04 Å². The van der Waals surface area contributed by atoms with Crippen molar-refractivity contribution in [1.82, 2.24) is 20.2 Å². The lowest BCUT2D eigenvalue weighted by molar-refractivity contribution is 0.506. The molecule has 0 saturated carbocycles.